The average Bonchev–Trinajstić information content (AvgIpc) is 2.25. The second kappa shape index (κ2) is 5.18. The number of ether oxygens (including phenoxy) is 2. The summed E-state index contributed by atoms with van der Waals surface area (Å²) in [5, 5.41) is 0.138. The first kappa shape index (κ1) is 11.2. The molecule has 2 rings (SSSR count). The number of hydrogen-bond acceptors (Lipinski definition) is 4. The van der Waals surface area contributed by atoms with Crippen molar-refractivity contribution in [3.8, 4) is 0 Å². The van der Waals surface area contributed by atoms with Crippen molar-refractivity contribution in [3.05, 3.63) is 0 Å². The molecule has 0 aromatic carbocycles. The van der Waals surface area contributed by atoms with Crippen molar-refractivity contribution in [2.75, 3.05) is 26.0 Å². The Labute approximate surface area is 94.3 Å². The Hall–Kier alpha value is -0.260. The van der Waals surface area contributed by atoms with E-state index in [-0.39, 0.29) is 17.6 Å². The Kier molecular flexibility index (Phi) is 3.88. The lowest BCUT2D eigenvalue weighted by Crippen LogP contribution is -2.42. The van der Waals surface area contributed by atoms with Gasteiger partial charge in [0.25, 0.3) is 5.24 Å². The topological polar surface area (TPSA) is 38.8 Å². The van der Waals surface area contributed by atoms with Gasteiger partial charge in [-0.15, -0.1) is 0 Å². The Balaban J connectivity index is 1.76. The van der Waals surface area contributed by atoms with Gasteiger partial charge >= 0.3 is 0 Å². The van der Waals surface area contributed by atoms with Crippen molar-refractivity contribution in [2.45, 2.75) is 31.7 Å². The van der Waals surface area contributed by atoms with Crippen molar-refractivity contribution in [1.82, 2.24) is 4.90 Å². The highest BCUT2D eigenvalue weighted by Gasteiger charge is 2.27. The highest BCUT2D eigenvalue weighted by molar-refractivity contribution is 8.13. The summed E-state index contributed by atoms with van der Waals surface area (Å²) in [6.45, 7) is 1.49. The molecule has 2 heterocycles. The van der Waals surface area contributed by atoms with E-state index in [2.05, 4.69) is 0 Å². The summed E-state index contributed by atoms with van der Waals surface area (Å²) in [5.74, 6) is 0.753. The van der Waals surface area contributed by atoms with Crippen molar-refractivity contribution in [3.63, 3.8) is 0 Å². The van der Waals surface area contributed by atoms with Crippen LogP contribution in [-0.4, -0.2) is 48.5 Å². The quantitative estimate of drug-likeness (QED) is 0.725. The molecule has 0 aromatic heterocycles. The maximum atomic E-state index is 11.2. The molecule has 15 heavy (non-hydrogen) atoms. The second-order valence-electron chi connectivity index (χ2n) is 4.01. The van der Waals surface area contributed by atoms with Crippen LogP contribution in [0.15, 0.2) is 0 Å². The third kappa shape index (κ3) is 3.09. The van der Waals surface area contributed by atoms with E-state index in [0.29, 0.717) is 6.54 Å². The van der Waals surface area contributed by atoms with Gasteiger partial charge in [0.05, 0.1) is 6.10 Å². The lowest BCUT2D eigenvalue weighted by molar-refractivity contribution is -0.184. The smallest absolute Gasteiger partial charge is 0.281 e. The van der Waals surface area contributed by atoms with E-state index in [4.69, 9.17) is 9.47 Å². The van der Waals surface area contributed by atoms with Crippen molar-refractivity contribution in [1.29, 1.82) is 0 Å². The number of likely N-dealkylation sites (N-methyl/N-ethyl adjacent to an activating group) is 1. The number of hydrogen-bond donors (Lipinski definition) is 0. The third-order valence-electron chi connectivity index (χ3n) is 2.66. The van der Waals surface area contributed by atoms with Crippen LogP contribution in [0.2, 0.25) is 0 Å². The minimum Gasteiger partial charge on any atom is -0.353 e. The monoisotopic (exact) mass is 231 g/mol. The summed E-state index contributed by atoms with van der Waals surface area (Å²) in [6, 6.07) is 0. The molecule has 0 radical (unpaired) electrons. The summed E-state index contributed by atoms with van der Waals surface area (Å²) in [7, 11) is 1.81. The molecule has 0 aliphatic carbocycles. The van der Waals surface area contributed by atoms with E-state index >= 15 is 0 Å². The molecule has 0 bridgehead atoms. The van der Waals surface area contributed by atoms with Gasteiger partial charge in [-0.05, 0) is 19.3 Å². The highest BCUT2D eigenvalue weighted by atomic mass is 32.2. The maximum Gasteiger partial charge on any atom is 0.281 e. The van der Waals surface area contributed by atoms with Crippen molar-refractivity contribution >= 4 is 17.0 Å². The number of rotatable bonds is 2. The Bertz CT molecular complexity index is 231. The first-order chi connectivity index (χ1) is 7.25. The largest absolute Gasteiger partial charge is 0.353 e. The van der Waals surface area contributed by atoms with Gasteiger partial charge in [-0.1, -0.05) is 11.8 Å². The number of amides is 1. The predicted octanol–water partition coefficient (Wildman–Crippen LogP) is 1.70. The first-order valence-electron chi connectivity index (χ1n) is 5.40. The molecule has 0 saturated carbocycles. The molecule has 2 unspecified atom stereocenters. The standard InChI is InChI=1S/C10H17NO3S/c1-11-6-8(7-15-10(11)12)14-9-4-2-3-5-13-9/h8-9H,2-7H2,1H3. The number of nitrogens with zero attached hydrogens (tertiary/aromatic N) is 1. The van der Waals surface area contributed by atoms with Crippen LogP contribution in [0.3, 0.4) is 0 Å². The van der Waals surface area contributed by atoms with Gasteiger partial charge in [0, 0.05) is 26.0 Å². The zero-order chi connectivity index (χ0) is 10.7. The molecule has 86 valence electrons. The van der Waals surface area contributed by atoms with Crippen molar-refractivity contribution < 1.29 is 14.3 Å². The average molecular weight is 231 g/mol. The van der Waals surface area contributed by atoms with E-state index in [0.717, 1.165) is 25.2 Å². The van der Waals surface area contributed by atoms with E-state index < -0.39 is 0 Å². The molecular formula is C10H17NO3S. The second-order valence-corrected chi connectivity index (χ2v) is 4.98. The van der Waals surface area contributed by atoms with Gasteiger partial charge in [0.1, 0.15) is 0 Å². The number of carbonyl (C=O) groups excluding carboxylic acids is 1. The van der Waals surface area contributed by atoms with Crippen molar-refractivity contribution in [2.24, 2.45) is 0 Å². The molecule has 2 atom stereocenters. The van der Waals surface area contributed by atoms with Gasteiger partial charge in [0.15, 0.2) is 6.29 Å². The van der Waals surface area contributed by atoms with Gasteiger partial charge in [-0.2, -0.15) is 0 Å². The van der Waals surface area contributed by atoms with Crippen LogP contribution in [0.25, 0.3) is 0 Å². The molecule has 2 aliphatic heterocycles. The van der Waals surface area contributed by atoms with Crippen LogP contribution in [-0.2, 0) is 9.47 Å². The molecule has 0 N–H and O–H groups in total. The van der Waals surface area contributed by atoms with E-state index in [1.54, 1.807) is 4.90 Å². The van der Waals surface area contributed by atoms with Crippen LogP contribution in [0.1, 0.15) is 19.3 Å². The SMILES string of the molecule is CN1CC(OC2CCCCO2)CSC1=O. The maximum absolute atomic E-state index is 11.2. The van der Waals surface area contributed by atoms with Gasteiger partial charge < -0.3 is 14.4 Å². The molecule has 5 heteroatoms. The summed E-state index contributed by atoms with van der Waals surface area (Å²) in [5.41, 5.74) is 0. The molecule has 2 fully saturated rings. The van der Waals surface area contributed by atoms with Gasteiger partial charge in [-0.3, -0.25) is 4.79 Å². The Morgan fingerprint density at radius 3 is 3.07 bits per heavy atom. The van der Waals surface area contributed by atoms with Crippen LogP contribution in [0, 0.1) is 0 Å². The first-order valence-corrected chi connectivity index (χ1v) is 6.39. The molecule has 2 aliphatic rings. The molecule has 4 nitrogen and oxygen atoms in total. The highest BCUT2D eigenvalue weighted by Crippen LogP contribution is 2.22. The van der Waals surface area contributed by atoms with Gasteiger partial charge in [-0.25, -0.2) is 0 Å². The summed E-state index contributed by atoms with van der Waals surface area (Å²) >= 11 is 1.33. The molecular weight excluding hydrogens is 214 g/mol. The van der Waals surface area contributed by atoms with Crippen LogP contribution in [0.5, 0.6) is 0 Å². The van der Waals surface area contributed by atoms with E-state index in [9.17, 15) is 4.79 Å². The predicted molar refractivity (Wildman–Crippen MR) is 58.9 cm³/mol. The Morgan fingerprint density at radius 1 is 1.53 bits per heavy atom. The normalized spacial score (nSPS) is 33.1. The van der Waals surface area contributed by atoms with E-state index in [1.165, 1.54) is 18.2 Å². The lowest BCUT2D eigenvalue weighted by Gasteiger charge is -2.32. The fraction of sp³-hybridized carbons (Fsp3) is 0.900. The fourth-order valence-electron chi connectivity index (χ4n) is 1.82. The molecule has 0 spiro atoms. The zero-order valence-electron chi connectivity index (χ0n) is 8.98. The molecule has 2 saturated heterocycles. The minimum absolute atomic E-state index is 0.0500. The molecule has 0 aromatic rings. The van der Waals surface area contributed by atoms with Gasteiger partial charge in [0.2, 0.25) is 0 Å². The van der Waals surface area contributed by atoms with Crippen LogP contribution in [0.4, 0.5) is 4.79 Å². The van der Waals surface area contributed by atoms with Crippen LogP contribution >= 0.6 is 11.8 Å². The Morgan fingerprint density at radius 2 is 2.40 bits per heavy atom. The fourth-order valence-corrected chi connectivity index (χ4v) is 2.63. The number of carbonyl (C=O) groups is 1. The third-order valence-corrected chi connectivity index (χ3v) is 3.76. The van der Waals surface area contributed by atoms with Crippen LogP contribution < -0.4 is 0 Å². The lowest BCUT2D eigenvalue weighted by atomic mass is 10.2. The zero-order valence-corrected chi connectivity index (χ0v) is 9.79. The molecule has 1 amide bonds. The summed E-state index contributed by atoms with van der Waals surface area (Å²) in [4.78, 5) is 12.9. The summed E-state index contributed by atoms with van der Waals surface area (Å²) < 4.78 is 11.3. The summed E-state index contributed by atoms with van der Waals surface area (Å²) in [6.07, 6.45) is 3.38. The van der Waals surface area contributed by atoms with E-state index in [1.807, 2.05) is 7.05 Å². The minimum atomic E-state index is -0.0500. The number of thioether (sulfide) groups is 1.